The third-order valence-electron chi connectivity index (χ3n) is 6.04. The first kappa shape index (κ1) is 23.9. The van der Waals surface area contributed by atoms with Crippen LogP contribution in [-0.4, -0.2) is 41.2 Å². The van der Waals surface area contributed by atoms with Gasteiger partial charge in [0.25, 0.3) is 0 Å². The maximum Gasteiger partial charge on any atom is 0.189 e. The second kappa shape index (κ2) is 10.9. The zero-order chi connectivity index (χ0) is 24.2. The predicted octanol–water partition coefficient (Wildman–Crippen LogP) is 6.51. The highest BCUT2D eigenvalue weighted by Gasteiger charge is 2.16. The molecule has 5 rings (SSSR count). The Balaban J connectivity index is 1.34. The van der Waals surface area contributed by atoms with Crippen molar-refractivity contribution in [2.24, 2.45) is 0 Å². The number of pyridine rings is 1. The Bertz CT molecular complexity index is 1300. The van der Waals surface area contributed by atoms with Gasteiger partial charge in [-0.3, -0.25) is 4.90 Å². The van der Waals surface area contributed by atoms with Crippen molar-refractivity contribution >= 4 is 49.8 Å². The lowest BCUT2D eigenvalue weighted by atomic mass is 10.1. The van der Waals surface area contributed by atoms with Gasteiger partial charge in [-0.1, -0.05) is 48.1 Å². The van der Waals surface area contributed by atoms with Crippen LogP contribution >= 0.6 is 22.9 Å². The van der Waals surface area contributed by atoms with Crippen LogP contribution in [0.25, 0.3) is 10.3 Å². The molecule has 2 N–H and O–H groups in total. The van der Waals surface area contributed by atoms with Crippen molar-refractivity contribution < 1.29 is 9.13 Å². The average Bonchev–Trinajstić information content (AvgIpc) is 3.22. The van der Waals surface area contributed by atoms with Gasteiger partial charge < -0.3 is 15.4 Å². The number of anilines is 3. The van der Waals surface area contributed by atoms with E-state index in [1.54, 1.807) is 17.4 Å². The number of allylic oxidation sites excluding steroid dienone is 5. The smallest absolute Gasteiger partial charge is 0.189 e. The second-order valence-corrected chi connectivity index (χ2v) is 9.92. The number of rotatable bonds is 7. The first-order chi connectivity index (χ1) is 17.1. The van der Waals surface area contributed by atoms with Crippen molar-refractivity contribution in [1.82, 2.24) is 14.9 Å². The van der Waals surface area contributed by atoms with Gasteiger partial charge in [0.2, 0.25) is 0 Å². The average molecular weight is 512 g/mol. The van der Waals surface area contributed by atoms with Crippen LogP contribution in [0.4, 0.5) is 20.9 Å². The van der Waals surface area contributed by atoms with Gasteiger partial charge in [-0.05, 0) is 41.8 Å². The first-order valence-electron chi connectivity index (χ1n) is 11.7. The molecule has 1 aliphatic heterocycles. The summed E-state index contributed by atoms with van der Waals surface area (Å²) in [6, 6.07) is 8.46. The van der Waals surface area contributed by atoms with E-state index in [0.717, 1.165) is 71.7 Å². The zero-order valence-electron chi connectivity index (χ0n) is 19.5. The Morgan fingerprint density at radius 1 is 1.14 bits per heavy atom. The quantitative estimate of drug-likeness (QED) is 0.377. The molecular weight excluding hydrogens is 485 g/mol. The van der Waals surface area contributed by atoms with Crippen LogP contribution in [0.3, 0.4) is 0 Å². The normalized spacial score (nSPS) is 16.9. The van der Waals surface area contributed by atoms with Crippen LogP contribution in [0, 0.1) is 0 Å². The standard InChI is InChI=1S/C26H27ClFN5OS/c1-2-18-15-29-25-24(23(18)30-19-7-9-21(27)22(28)10-8-19)35-26(32-25)31-20-5-3-17(4-6-20)16-33-11-13-34-14-12-33/h3-8,10,15H,2,9,11-14,16H2,1H3,(H2,29,30,31,32). The molecule has 1 aliphatic carbocycles. The lowest BCUT2D eigenvalue weighted by Crippen LogP contribution is -2.35. The van der Waals surface area contributed by atoms with E-state index >= 15 is 0 Å². The summed E-state index contributed by atoms with van der Waals surface area (Å²) in [7, 11) is 0. The van der Waals surface area contributed by atoms with Crippen molar-refractivity contribution in [2.75, 3.05) is 36.9 Å². The summed E-state index contributed by atoms with van der Waals surface area (Å²) in [5, 5.41) is 7.85. The van der Waals surface area contributed by atoms with E-state index in [0.29, 0.717) is 12.1 Å². The maximum absolute atomic E-state index is 13.9. The summed E-state index contributed by atoms with van der Waals surface area (Å²) in [5.74, 6) is -0.407. The van der Waals surface area contributed by atoms with Crippen LogP contribution < -0.4 is 10.6 Å². The fourth-order valence-corrected chi connectivity index (χ4v) is 5.17. The number of aromatic nitrogens is 2. The molecule has 182 valence electrons. The molecule has 2 aliphatic rings. The molecule has 0 radical (unpaired) electrons. The summed E-state index contributed by atoms with van der Waals surface area (Å²) in [6.45, 7) is 6.56. The molecule has 3 heterocycles. The minimum atomic E-state index is -0.407. The fraction of sp³-hybridized carbons (Fsp3) is 0.308. The van der Waals surface area contributed by atoms with E-state index in [4.69, 9.17) is 21.3 Å². The number of halogens is 2. The number of aryl methyl sites for hydroxylation is 1. The topological polar surface area (TPSA) is 62.3 Å². The van der Waals surface area contributed by atoms with Gasteiger partial charge in [0.05, 0.1) is 28.6 Å². The largest absolute Gasteiger partial charge is 0.379 e. The summed E-state index contributed by atoms with van der Waals surface area (Å²) >= 11 is 7.52. The number of thiazole rings is 1. The van der Waals surface area contributed by atoms with E-state index in [9.17, 15) is 4.39 Å². The van der Waals surface area contributed by atoms with Crippen molar-refractivity contribution in [3.63, 3.8) is 0 Å². The Labute approximate surface area is 213 Å². The molecule has 0 atom stereocenters. The number of nitrogens with one attached hydrogen (secondary N) is 2. The lowest BCUT2D eigenvalue weighted by Gasteiger charge is -2.26. The van der Waals surface area contributed by atoms with Crippen LogP contribution in [0.5, 0.6) is 0 Å². The highest BCUT2D eigenvalue weighted by molar-refractivity contribution is 7.22. The number of ether oxygens (including phenoxy) is 1. The molecule has 0 saturated carbocycles. The molecule has 6 nitrogen and oxygen atoms in total. The molecule has 35 heavy (non-hydrogen) atoms. The Kier molecular flexibility index (Phi) is 7.43. The molecule has 2 aromatic heterocycles. The van der Waals surface area contributed by atoms with Gasteiger partial charge in [-0.25, -0.2) is 9.37 Å². The number of fused-ring (bicyclic) bond motifs is 1. The van der Waals surface area contributed by atoms with Gasteiger partial charge in [0.15, 0.2) is 10.8 Å². The molecule has 0 unspecified atom stereocenters. The van der Waals surface area contributed by atoms with Crippen LogP contribution in [-0.2, 0) is 17.7 Å². The number of benzene rings is 1. The van der Waals surface area contributed by atoms with E-state index in [1.807, 2.05) is 12.3 Å². The van der Waals surface area contributed by atoms with Crippen LogP contribution in [0.15, 0.2) is 65.2 Å². The first-order valence-corrected chi connectivity index (χ1v) is 12.9. The molecule has 1 fully saturated rings. The van der Waals surface area contributed by atoms with Crippen molar-refractivity contribution in [1.29, 1.82) is 0 Å². The monoisotopic (exact) mass is 511 g/mol. The van der Waals surface area contributed by atoms with E-state index in [2.05, 4.69) is 51.7 Å². The third-order valence-corrected chi connectivity index (χ3v) is 7.35. The summed E-state index contributed by atoms with van der Waals surface area (Å²) in [4.78, 5) is 11.7. The minimum absolute atomic E-state index is 0.203. The highest BCUT2D eigenvalue weighted by Crippen LogP contribution is 2.36. The van der Waals surface area contributed by atoms with E-state index in [-0.39, 0.29) is 5.03 Å². The number of nitrogens with zero attached hydrogens (tertiary/aromatic N) is 3. The van der Waals surface area contributed by atoms with Gasteiger partial charge >= 0.3 is 0 Å². The van der Waals surface area contributed by atoms with Gasteiger partial charge in [-0.2, -0.15) is 4.98 Å². The minimum Gasteiger partial charge on any atom is -0.379 e. The molecular formula is C26H27ClFN5OS. The molecule has 1 aromatic carbocycles. The number of hydrogen-bond acceptors (Lipinski definition) is 7. The van der Waals surface area contributed by atoms with Crippen LogP contribution in [0.2, 0.25) is 0 Å². The number of hydrogen-bond donors (Lipinski definition) is 2. The summed E-state index contributed by atoms with van der Waals surface area (Å²) < 4.78 is 20.3. The fourth-order valence-electron chi connectivity index (χ4n) is 4.06. The van der Waals surface area contributed by atoms with Gasteiger partial charge in [0.1, 0.15) is 5.83 Å². The lowest BCUT2D eigenvalue weighted by molar-refractivity contribution is 0.0342. The molecule has 1 saturated heterocycles. The van der Waals surface area contributed by atoms with Gasteiger partial charge in [0, 0.05) is 43.6 Å². The van der Waals surface area contributed by atoms with Crippen molar-refractivity contribution in [3.05, 3.63) is 76.4 Å². The van der Waals surface area contributed by atoms with Crippen LogP contribution in [0.1, 0.15) is 24.5 Å². The van der Waals surface area contributed by atoms with Crippen molar-refractivity contribution in [3.8, 4) is 0 Å². The Morgan fingerprint density at radius 3 is 2.71 bits per heavy atom. The highest BCUT2D eigenvalue weighted by atomic mass is 35.5. The third kappa shape index (κ3) is 5.73. The number of morpholine rings is 1. The second-order valence-electron chi connectivity index (χ2n) is 8.47. The molecule has 0 bridgehead atoms. The molecule has 9 heteroatoms. The predicted molar refractivity (Wildman–Crippen MR) is 142 cm³/mol. The van der Waals surface area contributed by atoms with E-state index < -0.39 is 5.83 Å². The maximum atomic E-state index is 13.9. The molecule has 0 amide bonds. The zero-order valence-corrected chi connectivity index (χ0v) is 21.1. The SMILES string of the molecule is CCc1cnc2nc(Nc3ccc(CN4CCOCC4)cc3)sc2c1NC1=CCC(Cl)=C(F)C=C1. The summed E-state index contributed by atoms with van der Waals surface area (Å²) in [5.41, 5.74) is 5.72. The molecule has 0 spiro atoms. The Hall–Kier alpha value is -2.78. The summed E-state index contributed by atoms with van der Waals surface area (Å²) in [6.07, 6.45) is 7.98. The van der Waals surface area contributed by atoms with Crippen molar-refractivity contribution in [2.45, 2.75) is 26.3 Å². The Morgan fingerprint density at radius 2 is 1.94 bits per heavy atom. The molecule has 3 aromatic rings. The van der Waals surface area contributed by atoms with Gasteiger partial charge in [-0.15, -0.1) is 0 Å². The van der Waals surface area contributed by atoms with E-state index in [1.165, 1.54) is 11.6 Å².